The van der Waals surface area contributed by atoms with Crippen molar-refractivity contribution in [3.63, 3.8) is 0 Å². The van der Waals surface area contributed by atoms with Crippen LogP contribution in [-0.2, 0) is 11.2 Å². The summed E-state index contributed by atoms with van der Waals surface area (Å²) < 4.78 is 0. The van der Waals surface area contributed by atoms with Gasteiger partial charge in [0, 0.05) is 0 Å². The first-order valence-corrected chi connectivity index (χ1v) is 6.94. The Morgan fingerprint density at radius 2 is 1.95 bits per heavy atom. The zero-order valence-electron chi connectivity index (χ0n) is 12.5. The van der Waals surface area contributed by atoms with Gasteiger partial charge >= 0.3 is 5.97 Å². The van der Waals surface area contributed by atoms with E-state index in [-0.39, 0.29) is 11.8 Å². The van der Waals surface area contributed by atoms with Crippen molar-refractivity contribution in [3.05, 3.63) is 35.4 Å². The molecule has 0 radical (unpaired) electrons. The van der Waals surface area contributed by atoms with Crippen LogP contribution in [0.25, 0.3) is 0 Å². The zero-order valence-corrected chi connectivity index (χ0v) is 12.5. The first kappa shape index (κ1) is 14.1. The highest BCUT2D eigenvalue weighted by atomic mass is 16.4. The summed E-state index contributed by atoms with van der Waals surface area (Å²) in [5.74, 6) is 0.431. The van der Waals surface area contributed by atoms with Crippen molar-refractivity contribution >= 4 is 5.97 Å². The van der Waals surface area contributed by atoms with Crippen LogP contribution in [0.15, 0.2) is 24.3 Å². The lowest BCUT2D eigenvalue weighted by Crippen LogP contribution is -2.12. The molecule has 2 rings (SSSR count). The molecule has 1 fully saturated rings. The standard InChI is InChI=1S/C17H24O2/c1-16(2,3)15-14(17(15,4)5)12-8-6-7-11(9-12)10-13(18)19/h6-9,14-15H,10H2,1-5H3,(H,18,19). The molecule has 0 saturated heterocycles. The maximum Gasteiger partial charge on any atom is 0.307 e. The van der Waals surface area contributed by atoms with Crippen molar-refractivity contribution in [1.29, 1.82) is 0 Å². The Morgan fingerprint density at radius 3 is 2.42 bits per heavy atom. The van der Waals surface area contributed by atoms with Crippen molar-refractivity contribution in [1.82, 2.24) is 0 Å². The number of carboxylic acids is 1. The normalized spacial score (nSPS) is 25.1. The first-order valence-electron chi connectivity index (χ1n) is 6.94. The summed E-state index contributed by atoms with van der Waals surface area (Å²) in [5.41, 5.74) is 2.79. The third kappa shape index (κ3) is 2.68. The summed E-state index contributed by atoms with van der Waals surface area (Å²) in [6, 6.07) is 8.11. The summed E-state index contributed by atoms with van der Waals surface area (Å²) in [5, 5.41) is 8.90. The molecule has 2 heteroatoms. The minimum atomic E-state index is -0.764. The largest absolute Gasteiger partial charge is 0.481 e. The summed E-state index contributed by atoms with van der Waals surface area (Å²) >= 11 is 0. The third-order valence-electron chi connectivity index (χ3n) is 4.43. The molecule has 0 aromatic heterocycles. The molecule has 1 N–H and O–H groups in total. The van der Waals surface area contributed by atoms with Crippen LogP contribution in [0.2, 0.25) is 0 Å². The molecule has 1 aliphatic carbocycles. The molecule has 1 aromatic rings. The Bertz CT molecular complexity index is 494. The molecular formula is C17H24O2. The minimum Gasteiger partial charge on any atom is -0.481 e. The molecule has 1 saturated carbocycles. The van der Waals surface area contributed by atoms with Crippen LogP contribution >= 0.6 is 0 Å². The molecule has 2 nitrogen and oxygen atoms in total. The lowest BCUT2D eigenvalue weighted by atomic mass is 9.85. The van der Waals surface area contributed by atoms with Crippen LogP contribution in [0.4, 0.5) is 0 Å². The Hall–Kier alpha value is -1.31. The van der Waals surface area contributed by atoms with Gasteiger partial charge in [0.1, 0.15) is 0 Å². The molecule has 2 unspecified atom stereocenters. The van der Waals surface area contributed by atoms with Gasteiger partial charge in [-0.2, -0.15) is 0 Å². The topological polar surface area (TPSA) is 37.3 Å². The second-order valence-electron chi connectivity index (χ2n) is 7.46. The van der Waals surface area contributed by atoms with Crippen molar-refractivity contribution in [2.45, 2.75) is 47.0 Å². The molecule has 0 heterocycles. The smallest absolute Gasteiger partial charge is 0.307 e. The van der Waals surface area contributed by atoms with Gasteiger partial charge in [0.15, 0.2) is 0 Å². The van der Waals surface area contributed by atoms with Gasteiger partial charge in [0.2, 0.25) is 0 Å². The summed E-state index contributed by atoms with van der Waals surface area (Å²) in [6.07, 6.45) is 0.112. The Morgan fingerprint density at radius 1 is 1.32 bits per heavy atom. The quantitative estimate of drug-likeness (QED) is 0.888. The monoisotopic (exact) mass is 260 g/mol. The van der Waals surface area contributed by atoms with E-state index in [9.17, 15) is 4.79 Å². The van der Waals surface area contributed by atoms with E-state index in [4.69, 9.17) is 5.11 Å². The fourth-order valence-electron chi connectivity index (χ4n) is 3.95. The van der Waals surface area contributed by atoms with Crippen LogP contribution in [0.3, 0.4) is 0 Å². The highest BCUT2D eigenvalue weighted by Crippen LogP contribution is 2.70. The van der Waals surface area contributed by atoms with E-state index in [1.165, 1.54) is 5.56 Å². The summed E-state index contributed by atoms with van der Waals surface area (Å²) in [4.78, 5) is 10.8. The SMILES string of the molecule is CC(C)(C)C1C(c2cccc(CC(=O)O)c2)C1(C)C. The van der Waals surface area contributed by atoms with Gasteiger partial charge in [-0.1, -0.05) is 58.9 Å². The number of rotatable bonds is 3. The van der Waals surface area contributed by atoms with Crippen LogP contribution in [0.1, 0.15) is 51.7 Å². The fraction of sp³-hybridized carbons (Fsp3) is 0.588. The van der Waals surface area contributed by atoms with Gasteiger partial charge in [-0.25, -0.2) is 0 Å². The average Bonchev–Trinajstić information content (AvgIpc) is 2.81. The molecule has 2 atom stereocenters. The number of hydrogen-bond acceptors (Lipinski definition) is 1. The van der Waals surface area contributed by atoms with Crippen molar-refractivity contribution in [2.75, 3.05) is 0 Å². The van der Waals surface area contributed by atoms with E-state index < -0.39 is 5.97 Å². The van der Waals surface area contributed by atoms with Crippen molar-refractivity contribution in [2.24, 2.45) is 16.7 Å². The first-order chi connectivity index (χ1) is 8.64. The number of benzene rings is 1. The summed E-state index contributed by atoms with van der Waals surface area (Å²) in [6.45, 7) is 11.5. The van der Waals surface area contributed by atoms with Crippen LogP contribution in [-0.4, -0.2) is 11.1 Å². The van der Waals surface area contributed by atoms with Gasteiger partial charge < -0.3 is 5.11 Å². The van der Waals surface area contributed by atoms with Crippen LogP contribution in [0, 0.1) is 16.7 Å². The van der Waals surface area contributed by atoms with E-state index in [1.807, 2.05) is 12.1 Å². The number of hydrogen-bond donors (Lipinski definition) is 1. The number of aliphatic carboxylic acids is 1. The van der Waals surface area contributed by atoms with Gasteiger partial charge in [0.25, 0.3) is 0 Å². The van der Waals surface area contributed by atoms with Crippen LogP contribution in [0.5, 0.6) is 0 Å². The van der Waals surface area contributed by atoms with Crippen LogP contribution < -0.4 is 0 Å². The van der Waals surface area contributed by atoms with Gasteiger partial charge in [-0.15, -0.1) is 0 Å². The van der Waals surface area contributed by atoms with E-state index in [2.05, 4.69) is 46.8 Å². The molecule has 1 aliphatic rings. The highest BCUT2D eigenvalue weighted by Gasteiger charge is 2.62. The van der Waals surface area contributed by atoms with E-state index >= 15 is 0 Å². The minimum absolute atomic E-state index is 0.112. The average molecular weight is 260 g/mol. The molecule has 0 aliphatic heterocycles. The second-order valence-corrected chi connectivity index (χ2v) is 7.46. The highest BCUT2D eigenvalue weighted by molar-refractivity contribution is 5.70. The van der Waals surface area contributed by atoms with Crippen molar-refractivity contribution < 1.29 is 9.90 Å². The van der Waals surface area contributed by atoms with Crippen molar-refractivity contribution in [3.8, 4) is 0 Å². The lowest BCUT2D eigenvalue weighted by Gasteiger charge is -2.20. The fourth-order valence-corrected chi connectivity index (χ4v) is 3.95. The van der Waals surface area contributed by atoms with Gasteiger partial charge in [-0.3, -0.25) is 4.79 Å². The Kier molecular flexibility index (Phi) is 3.24. The zero-order chi connectivity index (χ0) is 14.4. The van der Waals surface area contributed by atoms with Gasteiger partial charge in [-0.05, 0) is 33.8 Å². The predicted molar refractivity (Wildman–Crippen MR) is 77.2 cm³/mol. The molecule has 1 aromatic carbocycles. The molecular weight excluding hydrogens is 236 g/mol. The lowest BCUT2D eigenvalue weighted by molar-refractivity contribution is -0.136. The summed E-state index contributed by atoms with van der Waals surface area (Å²) in [7, 11) is 0. The molecule has 104 valence electrons. The Balaban J connectivity index is 2.27. The molecule has 0 bridgehead atoms. The van der Waals surface area contributed by atoms with E-state index in [0.29, 0.717) is 17.3 Å². The number of carboxylic acid groups (broad SMARTS) is 1. The third-order valence-corrected chi connectivity index (χ3v) is 4.43. The predicted octanol–water partition coefficient (Wildman–Crippen LogP) is 4.10. The second kappa shape index (κ2) is 4.36. The number of carbonyl (C=O) groups is 1. The maximum absolute atomic E-state index is 10.8. The molecule has 19 heavy (non-hydrogen) atoms. The molecule has 0 amide bonds. The van der Waals surface area contributed by atoms with E-state index in [0.717, 1.165) is 5.56 Å². The Labute approximate surface area is 115 Å². The van der Waals surface area contributed by atoms with E-state index in [1.54, 1.807) is 0 Å². The van der Waals surface area contributed by atoms with Gasteiger partial charge in [0.05, 0.1) is 6.42 Å². The maximum atomic E-state index is 10.8. The molecule has 0 spiro atoms.